The van der Waals surface area contributed by atoms with E-state index in [1.54, 1.807) is 12.1 Å². The maximum atomic E-state index is 11.0. The van der Waals surface area contributed by atoms with Crippen LogP contribution in [0.25, 0.3) is 0 Å². The fraction of sp³-hybridized carbons (Fsp3) is 0.222. The molecule has 0 saturated heterocycles. The average molecular weight is 234 g/mol. The second-order valence-electron chi connectivity index (χ2n) is 2.68. The Morgan fingerprint density at radius 1 is 1.50 bits per heavy atom. The molecule has 0 aliphatic rings. The zero-order valence-corrected chi connectivity index (χ0v) is 8.97. The van der Waals surface area contributed by atoms with Gasteiger partial charge >= 0.3 is 0 Å². The molecule has 1 unspecified atom stereocenters. The Labute approximate surface area is 91.7 Å². The third kappa shape index (κ3) is 2.38. The first-order chi connectivity index (χ1) is 6.56. The number of ether oxygens (including phenoxy) is 1. The minimum atomic E-state index is -0.834. The number of rotatable bonds is 3. The van der Waals surface area contributed by atoms with Crippen molar-refractivity contribution in [2.75, 3.05) is 7.11 Å². The van der Waals surface area contributed by atoms with E-state index in [4.69, 9.17) is 33.7 Å². The number of hydrogen-bond acceptors (Lipinski definition) is 2. The summed E-state index contributed by atoms with van der Waals surface area (Å²) in [5.41, 5.74) is 5.65. The van der Waals surface area contributed by atoms with Crippen molar-refractivity contribution in [2.24, 2.45) is 5.73 Å². The Morgan fingerprint density at radius 3 is 2.57 bits per heavy atom. The topological polar surface area (TPSA) is 52.3 Å². The van der Waals surface area contributed by atoms with Crippen LogP contribution in [0.5, 0.6) is 0 Å². The summed E-state index contributed by atoms with van der Waals surface area (Å²) in [6, 6.07) is 4.77. The Balaban J connectivity index is 3.10. The van der Waals surface area contributed by atoms with Crippen LogP contribution < -0.4 is 5.73 Å². The van der Waals surface area contributed by atoms with Crippen LogP contribution >= 0.6 is 23.2 Å². The van der Waals surface area contributed by atoms with E-state index in [0.29, 0.717) is 15.6 Å². The number of carbonyl (C=O) groups is 1. The lowest BCUT2D eigenvalue weighted by molar-refractivity contribution is -0.128. The molecule has 5 heteroatoms. The van der Waals surface area contributed by atoms with Gasteiger partial charge in [0.2, 0.25) is 0 Å². The first kappa shape index (κ1) is 11.3. The molecule has 0 bridgehead atoms. The van der Waals surface area contributed by atoms with Crippen molar-refractivity contribution in [1.82, 2.24) is 0 Å². The van der Waals surface area contributed by atoms with Crippen molar-refractivity contribution in [3.63, 3.8) is 0 Å². The van der Waals surface area contributed by atoms with Gasteiger partial charge in [-0.3, -0.25) is 4.79 Å². The van der Waals surface area contributed by atoms with Crippen LogP contribution in [-0.4, -0.2) is 13.0 Å². The molecule has 1 atom stereocenters. The zero-order chi connectivity index (χ0) is 10.7. The standard InChI is InChI=1S/C9H9Cl2NO2/c1-14-8(9(12)13)6-3-2-5(10)4-7(6)11/h2-4,8H,1H3,(H2,12,13). The summed E-state index contributed by atoms with van der Waals surface area (Å²) in [6.07, 6.45) is -0.834. The number of amides is 1. The Morgan fingerprint density at radius 2 is 2.14 bits per heavy atom. The third-order valence-electron chi connectivity index (χ3n) is 1.74. The minimum absolute atomic E-state index is 0.364. The van der Waals surface area contributed by atoms with Gasteiger partial charge in [0, 0.05) is 22.7 Å². The van der Waals surface area contributed by atoms with Gasteiger partial charge in [0.15, 0.2) is 6.10 Å². The van der Waals surface area contributed by atoms with Crippen molar-refractivity contribution in [3.8, 4) is 0 Å². The molecule has 0 radical (unpaired) electrons. The molecule has 76 valence electrons. The van der Waals surface area contributed by atoms with E-state index in [1.165, 1.54) is 13.2 Å². The minimum Gasteiger partial charge on any atom is -0.367 e. The van der Waals surface area contributed by atoms with Crippen LogP contribution in [0.4, 0.5) is 0 Å². The van der Waals surface area contributed by atoms with Gasteiger partial charge in [-0.05, 0) is 12.1 Å². The second kappa shape index (κ2) is 4.64. The Kier molecular flexibility index (Phi) is 3.75. The highest BCUT2D eigenvalue weighted by Crippen LogP contribution is 2.27. The molecule has 1 rings (SSSR count). The maximum Gasteiger partial charge on any atom is 0.251 e. The largest absolute Gasteiger partial charge is 0.367 e. The molecule has 3 nitrogen and oxygen atoms in total. The van der Waals surface area contributed by atoms with Crippen LogP contribution in [-0.2, 0) is 9.53 Å². The van der Waals surface area contributed by atoms with Gasteiger partial charge in [0.05, 0.1) is 0 Å². The monoisotopic (exact) mass is 233 g/mol. The second-order valence-corrected chi connectivity index (χ2v) is 3.53. The highest BCUT2D eigenvalue weighted by molar-refractivity contribution is 6.35. The smallest absolute Gasteiger partial charge is 0.251 e. The van der Waals surface area contributed by atoms with Gasteiger partial charge < -0.3 is 10.5 Å². The number of methoxy groups -OCH3 is 1. The van der Waals surface area contributed by atoms with Crippen LogP contribution in [0.3, 0.4) is 0 Å². The van der Waals surface area contributed by atoms with Crippen LogP contribution in [0.2, 0.25) is 10.0 Å². The molecule has 0 aliphatic carbocycles. The molecule has 0 aromatic heterocycles. The first-order valence-electron chi connectivity index (χ1n) is 3.83. The summed E-state index contributed by atoms with van der Waals surface area (Å²) >= 11 is 11.6. The fourth-order valence-corrected chi connectivity index (χ4v) is 1.62. The van der Waals surface area contributed by atoms with Gasteiger partial charge in [-0.1, -0.05) is 29.3 Å². The van der Waals surface area contributed by atoms with Gasteiger partial charge in [-0.25, -0.2) is 0 Å². The van der Waals surface area contributed by atoms with Gasteiger partial charge in [-0.2, -0.15) is 0 Å². The van der Waals surface area contributed by atoms with E-state index < -0.39 is 12.0 Å². The molecule has 1 aromatic carbocycles. The summed E-state index contributed by atoms with van der Waals surface area (Å²) in [7, 11) is 1.39. The maximum absolute atomic E-state index is 11.0. The summed E-state index contributed by atoms with van der Waals surface area (Å²) in [5, 5.41) is 0.862. The van der Waals surface area contributed by atoms with E-state index >= 15 is 0 Å². The molecule has 1 aromatic rings. The van der Waals surface area contributed by atoms with Crippen molar-refractivity contribution in [3.05, 3.63) is 33.8 Å². The van der Waals surface area contributed by atoms with Gasteiger partial charge in [0.25, 0.3) is 5.91 Å². The molecule has 0 heterocycles. The zero-order valence-electron chi connectivity index (χ0n) is 7.46. The summed E-state index contributed by atoms with van der Waals surface area (Å²) in [6.45, 7) is 0. The van der Waals surface area contributed by atoms with Crippen molar-refractivity contribution < 1.29 is 9.53 Å². The molecular formula is C9H9Cl2NO2. The molecular weight excluding hydrogens is 225 g/mol. The molecule has 0 fully saturated rings. The SMILES string of the molecule is COC(C(N)=O)c1ccc(Cl)cc1Cl. The van der Waals surface area contributed by atoms with Crippen LogP contribution in [0, 0.1) is 0 Å². The normalized spacial score (nSPS) is 12.5. The van der Waals surface area contributed by atoms with Crippen LogP contribution in [0.1, 0.15) is 11.7 Å². The van der Waals surface area contributed by atoms with Gasteiger partial charge in [0.1, 0.15) is 0 Å². The lowest BCUT2D eigenvalue weighted by Gasteiger charge is -2.13. The highest BCUT2D eigenvalue weighted by Gasteiger charge is 2.19. The average Bonchev–Trinajstić information content (AvgIpc) is 2.09. The number of carbonyl (C=O) groups excluding carboxylic acids is 1. The summed E-state index contributed by atoms with van der Waals surface area (Å²) < 4.78 is 4.92. The molecule has 14 heavy (non-hydrogen) atoms. The Hall–Kier alpha value is -0.770. The Bertz CT molecular complexity index is 355. The predicted molar refractivity (Wildman–Crippen MR) is 55.4 cm³/mol. The molecule has 0 aliphatic heterocycles. The highest BCUT2D eigenvalue weighted by atomic mass is 35.5. The molecule has 2 N–H and O–H groups in total. The van der Waals surface area contributed by atoms with Crippen LogP contribution in [0.15, 0.2) is 18.2 Å². The number of benzene rings is 1. The van der Waals surface area contributed by atoms with Crippen molar-refractivity contribution in [1.29, 1.82) is 0 Å². The number of halogens is 2. The first-order valence-corrected chi connectivity index (χ1v) is 4.59. The molecule has 0 spiro atoms. The molecule has 1 amide bonds. The van der Waals surface area contributed by atoms with E-state index in [-0.39, 0.29) is 0 Å². The van der Waals surface area contributed by atoms with E-state index in [0.717, 1.165) is 0 Å². The summed E-state index contributed by atoms with van der Waals surface area (Å²) in [5.74, 6) is -0.586. The lowest BCUT2D eigenvalue weighted by Crippen LogP contribution is -2.23. The van der Waals surface area contributed by atoms with Gasteiger partial charge in [-0.15, -0.1) is 0 Å². The quantitative estimate of drug-likeness (QED) is 0.871. The summed E-state index contributed by atoms with van der Waals surface area (Å²) in [4.78, 5) is 11.0. The van der Waals surface area contributed by atoms with E-state index in [2.05, 4.69) is 0 Å². The lowest BCUT2D eigenvalue weighted by atomic mass is 10.1. The molecule has 0 saturated carbocycles. The fourth-order valence-electron chi connectivity index (χ4n) is 1.11. The van der Waals surface area contributed by atoms with Crippen molar-refractivity contribution >= 4 is 29.1 Å². The predicted octanol–water partition coefficient (Wildman–Crippen LogP) is 2.17. The third-order valence-corrected chi connectivity index (χ3v) is 2.30. The van der Waals surface area contributed by atoms with Crippen molar-refractivity contribution in [2.45, 2.75) is 6.10 Å². The number of nitrogens with two attached hydrogens (primary N) is 1. The van der Waals surface area contributed by atoms with E-state index in [9.17, 15) is 4.79 Å². The number of hydrogen-bond donors (Lipinski definition) is 1. The number of primary amides is 1. The van der Waals surface area contributed by atoms with E-state index in [1.807, 2.05) is 0 Å².